The van der Waals surface area contributed by atoms with Crippen LogP contribution in [0.25, 0.3) is 5.69 Å². The topological polar surface area (TPSA) is 46.9 Å². The second kappa shape index (κ2) is 5.78. The third kappa shape index (κ3) is 3.62. The van der Waals surface area contributed by atoms with E-state index in [0.29, 0.717) is 29.8 Å². The number of amides is 1. The van der Waals surface area contributed by atoms with Crippen LogP contribution in [-0.2, 0) is 12.4 Å². The summed E-state index contributed by atoms with van der Waals surface area (Å²) in [7, 11) is 0. The third-order valence-electron chi connectivity index (χ3n) is 3.61. The van der Waals surface area contributed by atoms with Gasteiger partial charge in [0.05, 0.1) is 23.0 Å². The molecule has 1 aromatic carbocycles. The highest BCUT2D eigenvalue weighted by Gasteiger charge is 2.41. The first-order chi connectivity index (χ1) is 11.6. The molecule has 4 nitrogen and oxygen atoms in total. The molecule has 3 rings (SSSR count). The molecule has 0 unspecified atom stereocenters. The number of carbonyl (C=O) groups excluding carboxylic acids is 1. The standard InChI is InChI=1S/C15H11F6N3O/c16-14(17,18)8-2-1-3-10(6-8)24-12(15(19,20)21)11(7-22-24)13(25)23-9-4-5-9/h1-3,6-7,9H,4-5H2,(H,23,25). The van der Waals surface area contributed by atoms with E-state index in [-0.39, 0.29) is 6.04 Å². The van der Waals surface area contributed by atoms with Crippen molar-refractivity contribution in [3.05, 3.63) is 47.3 Å². The van der Waals surface area contributed by atoms with Gasteiger partial charge in [-0.15, -0.1) is 0 Å². The fourth-order valence-electron chi connectivity index (χ4n) is 2.29. The lowest BCUT2D eigenvalue weighted by atomic mass is 10.1. The Morgan fingerprint density at radius 2 is 1.80 bits per heavy atom. The molecule has 0 radical (unpaired) electrons. The number of nitrogens with one attached hydrogen (secondary N) is 1. The molecule has 1 fully saturated rings. The van der Waals surface area contributed by atoms with Crippen LogP contribution in [0.1, 0.15) is 34.5 Å². The molecule has 2 aromatic rings. The highest BCUT2D eigenvalue weighted by molar-refractivity contribution is 5.95. The van der Waals surface area contributed by atoms with Crippen molar-refractivity contribution in [3.63, 3.8) is 0 Å². The van der Waals surface area contributed by atoms with E-state index in [2.05, 4.69) is 10.4 Å². The average molecular weight is 363 g/mol. The van der Waals surface area contributed by atoms with E-state index < -0.39 is 40.8 Å². The third-order valence-corrected chi connectivity index (χ3v) is 3.61. The van der Waals surface area contributed by atoms with Gasteiger partial charge >= 0.3 is 12.4 Å². The van der Waals surface area contributed by atoms with Crippen molar-refractivity contribution < 1.29 is 31.1 Å². The zero-order valence-corrected chi connectivity index (χ0v) is 12.4. The van der Waals surface area contributed by atoms with Gasteiger partial charge < -0.3 is 5.32 Å². The molecular weight excluding hydrogens is 352 g/mol. The highest BCUT2D eigenvalue weighted by Crippen LogP contribution is 2.35. The molecule has 1 aliphatic carbocycles. The Labute approximate surface area is 137 Å². The van der Waals surface area contributed by atoms with Crippen molar-refractivity contribution in [1.29, 1.82) is 0 Å². The molecular formula is C15H11F6N3O. The van der Waals surface area contributed by atoms with E-state index in [1.807, 2.05) is 0 Å². The lowest BCUT2D eigenvalue weighted by Gasteiger charge is -2.14. The first-order valence-corrected chi connectivity index (χ1v) is 7.21. The Kier molecular flexibility index (Phi) is 4.00. The van der Waals surface area contributed by atoms with E-state index in [0.717, 1.165) is 18.2 Å². The van der Waals surface area contributed by atoms with E-state index in [1.54, 1.807) is 0 Å². The van der Waals surface area contributed by atoms with Crippen molar-refractivity contribution in [2.24, 2.45) is 0 Å². The van der Waals surface area contributed by atoms with Gasteiger partial charge in [-0.2, -0.15) is 31.4 Å². The molecule has 1 saturated carbocycles. The molecule has 1 N–H and O–H groups in total. The largest absolute Gasteiger partial charge is 0.434 e. The summed E-state index contributed by atoms with van der Waals surface area (Å²) in [5.74, 6) is -0.951. The van der Waals surface area contributed by atoms with Crippen LogP contribution >= 0.6 is 0 Å². The number of halogens is 6. The van der Waals surface area contributed by atoms with Gasteiger partial charge in [0.25, 0.3) is 5.91 Å². The fourth-order valence-corrected chi connectivity index (χ4v) is 2.29. The van der Waals surface area contributed by atoms with Crippen LogP contribution in [0, 0.1) is 0 Å². The molecule has 10 heteroatoms. The zero-order valence-electron chi connectivity index (χ0n) is 12.4. The Hall–Kier alpha value is -2.52. The first kappa shape index (κ1) is 17.3. The number of hydrogen-bond acceptors (Lipinski definition) is 2. The van der Waals surface area contributed by atoms with Gasteiger partial charge in [0, 0.05) is 6.04 Å². The Bertz CT molecular complexity index is 804. The summed E-state index contributed by atoms with van der Waals surface area (Å²) in [5.41, 5.74) is -3.69. The summed E-state index contributed by atoms with van der Waals surface area (Å²) in [6.45, 7) is 0. The predicted molar refractivity (Wildman–Crippen MR) is 74.1 cm³/mol. The summed E-state index contributed by atoms with van der Waals surface area (Å²) in [5, 5.41) is 5.90. The van der Waals surface area contributed by atoms with Gasteiger partial charge in [-0.25, -0.2) is 4.68 Å². The van der Waals surface area contributed by atoms with E-state index >= 15 is 0 Å². The monoisotopic (exact) mass is 363 g/mol. The summed E-state index contributed by atoms with van der Waals surface area (Å²) in [6, 6.07) is 3.14. The minimum atomic E-state index is -4.97. The molecule has 0 saturated heterocycles. The molecule has 0 spiro atoms. The van der Waals surface area contributed by atoms with Crippen LogP contribution in [0.4, 0.5) is 26.3 Å². The summed E-state index contributed by atoms with van der Waals surface area (Å²) < 4.78 is 78.9. The number of nitrogens with zero attached hydrogens (tertiary/aromatic N) is 2. The lowest BCUT2D eigenvalue weighted by molar-refractivity contribution is -0.143. The lowest BCUT2D eigenvalue weighted by Crippen LogP contribution is -2.28. The van der Waals surface area contributed by atoms with Crippen LogP contribution in [0.3, 0.4) is 0 Å². The number of rotatable bonds is 3. The maximum Gasteiger partial charge on any atom is 0.434 e. The van der Waals surface area contributed by atoms with Crippen LogP contribution in [-0.4, -0.2) is 21.7 Å². The van der Waals surface area contributed by atoms with Crippen molar-refractivity contribution in [1.82, 2.24) is 15.1 Å². The molecule has 1 amide bonds. The Morgan fingerprint density at radius 1 is 1.12 bits per heavy atom. The minimum Gasteiger partial charge on any atom is -0.349 e. The van der Waals surface area contributed by atoms with Crippen LogP contribution in [0.5, 0.6) is 0 Å². The van der Waals surface area contributed by atoms with Gasteiger partial charge in [0.1, 0.15) is 0 Å². The molecule has 25 heavy (non-hydrogen) atoms. The summed E-state index contributed by atoms with van der Waals surface area (Å²) in [4.78, 5) is 12.0. The number of aromatic nitrogens is 2. The van der Waals surface area contributed by atoms with E-state index in [4.69, 9.17) is 0 Å². The van der Waals surface area contributed by atoms with Crippen molar-refractivity contribution in [2.45, 2.75) is 31.2 Å². The second-order valence-electron chi connectivity index (χ2n) is 5.61. The van der Waals surface area contributed by atoms with Crippen LogP contribution in [0.2, 0.25) is 0 Å². The molecule has 0 aliphatic heterocycles. The number of carbonyl (C=O) groups is 1. The van der Waals surface area contributed by atoms with E-state index in [1.165, 1.54) is 0 Å². The van der Waals surface area contributed by atoms with Gasteiger partial charge in [-0.3, -0.25) is 4.79 Å². The average Bonchev–Trinajstić information content (AvgIpc) is 3.19. The normalized spacial score (nSPS) is 15.3. The van der Waals surface area contributed by atoms with Crippen molar-refractivity contribution in [2.75, 3.05) is 0 Å². The fraction of sp³-hybridized carbons (Fsp3) is 0.333. The Balaban J connectivity index is 2.07. The number of alkyl halides is 6. The molecule has 0 atom stereocenters. The second-order valence-corrected chi connectivity index (χ2v) is 5.61. The Morgan fingerprint density at radius 3 is 2.36 bits per heavy atom. The van der Waals surface area contributed by atoms with Gasteiger partial charge in [0.15, 0.2) is 5.69 Å². The van der Waals surface area contributed by atoms with E-state index in [9.17, 15) is 31.1 Å². The molecule has 0 bridgehead atoms. The zero-order chi connectivity index (χ0) is 18.4. The smallest absolute Gasteiger partial charge is 0.349 e. The number of hydrogen-bond donors (Lipinski definition) is 1. The quantitative estimate of drug-likeness (QED) is 0.844. The first-order valence-electron chi connectivity index (χ1n) is 7.21. The molecule has 1 aliphatic rings. The molecule has 134 valence electrons. The highest BCUT2D eigenvalue weighted by atomic mass is 19.4. The van der Waals surface area contributed by atoms with Gasteiger partial charge in [-0.05, 0) is 31.0 Å². The maximum atomic E-state index is 13.4. The van der Waals surface area contributed by atoms with Crippen LogP contribution < -0.4 is 5.32 Å². The molecule has 1 aromatic heterocycles. The van der Waals surface area contributed by atoms with Crippen molar-refractivity contribution in [3.8, 4) is 5.69 Å². The minimum absolute atomic E-state index is 0.175. The predicted octanol–water partition coefficient (Wildman–Crippen LogP) is 3.80. The van der Waals surface area contributed by atoms with Gasteiger partial charge in [-0.1, -0.05) is 6.07 Å². The maximum absolute atomic E-state index is 13.4. The van der Waals surface area contributed by atoms with Crippen LogP contribution in [0.15, 0.2) is 30.5 Å². The SMILES string of the molecule is O=C(NC1CC1)c1cnn(-c2cccc(C(F)(F)F)c2)c1C(F)(F)F. The summed E-state index contributed by atoms with van der Waals surface area (Å²) in [6.07, 6.45) is -7.63. The molecule has 1 heterocycles. The van der Waals surface area contributed by atoms with Gasteiger partial charge in [0.2, 0.25) is 0 Å². The number of benzene rings is 1. The summed E-state index contributed by atoms with van der Waals surface area (Å²) >= 11 is 0. The van der Waals surface area contributed by atoms with Crippen molar-refractivity contribution >= 4 is 5.91 Å².